The first-order valence-corrected chi connectivity index (χ1v) is 13.9. The van der Waals surface area contributed by atoms with Gasteiger partial charge in [0.1, 0.15) is 6.04 Å². The van der Waals surface area contributed by atoms with Gasteiger partial charge in [-0.3, -0.25) is 14.4 Å². The Balaban J connectivity index is 1.74. The Morgan fingerprint density at radius 3 is 2.67 bits per heavy atom. The monoisotopic (exact) mass is 516 g/mol. The smallest absolute Gasteiger partial charge is 0.243 e. The predicted molar refractivity (Wildman–Crippen MR) is 142 cm³/mol. The van der Waals surface area contributed by atoms with E-state index < -0.39 is 6.04 Å². The molecular weight excluding hydrogens is 476 g/mol. The van der Waals surface area contributed by atoms with Crippen molar-refractivity contribution >= 4 is 35.1 Å². The molecule has 0 bridgehead atoms. The van der Waals surface area contributed by atoms with E-state index in [0.29, 0.717) is 50.9 Å². The second kappa shape index (κ2) is 13.7. The third-order valence-corrected chi connectivity index (χ3v) is 8.02. The number of fused-ring (bicyclic) bond motifs is 1. The number of aromatic nitrogens is 1. The van der Waals surface area contributed by atoms with Crippen LogP contribution in [0.2, 0.25) is 0 Å². The lowest BCUT2D eigenvalue weighted by molar-refractivity contribution is -0.130. The van der Waals surface area contributed by atoms with Crippen molar-refractivity contribution in [1.82, 2.24) is 20.9 Å². The summed E-state index contributed by atoms with van der Waals surface area (Å²) in [5.41, 5.74) is 0.971. The summed E-state index contributed by atoms with van der Waals surface area (Å²) in [4.78, 5) is 43.8. The number of nitrogens with zero attached hydrogens (tertiary/aromatic N) is 1. The molecule has 198 valence electrons. The number of nitrogens with one attached hydrogen (secondary N) is 3. The Hall–Kier alpha value is -2.52. The van der Waals surface area contributed by atoms with E-state index in [1.54, 1.807) is 11.3 Å². The molecule has 36 heavy (non-hydrogen) atoms. The number of thiazole rings is 1. The van der Waals surface area contributed by atoms with Crippen molar-refractivity contribution in [3.63, 3.8) is 0 Å². The molecule has 0 saturated carbocycles. The lowest BCUT2D eigenvalue weighted by Gasteiger charge is -2.32. The van der Waals surface area contributed by atoms with E-state index in [1.807, 2.05) is 6.92 Å². The molecule has 0 aromatic carbocycles. The summed E-state index contributed by atoms with van der Waals surface area (Å²) in [5, 5.41) is 9.70. The molecule has 3 rings (SSSR count). The van der Waals surface area contributed by atoms with Crippen LogP contribution in [-0.4, -0.2) is 54.5 Å². The first-order valence-electron chi connectivity index (χ1n) is 13.0. The van der Waals surface area contributed by atoms with Crippen molar-refractivity contribution in [2.24, 2.45) is 17.8 Å². The van der Waals surface area contributed by atoms with Crippen LogP contribution in [-0.2, 0) is 32.0 Å². The van der Waals surface area contributed by atoms with Gasteiger partial charge in [-0.25, -0.2) is 4.98 Å². The molecule has 2 unspecified atom stereocenters. The van der Waals surface area contributed by atoms with Gasteiger partial charge in [0.05, 0.1) is 10.7 Å². The predicted octanol–water partition coefficient (Wildman–Crippen LogP) is 3.03. The zero-order chi connectivity index (χ0) is 26.1. The lowest BCUT2D eigenvalue weighted by Crippen LogP contribution is -2.55. The zero-order valence-corrected chi connectivity index (χ0v) is 22.5. The maximum Gasteiger partial charge on any atom is 0.243 e. The Morgan fingerprint density at radius 1 is 1.25 bits per heavy atom. The van der Waals surface area contributed by atoms with Crippen molar-refractivity contribution in [2.75, 3.05) is 19.8 Å². The van der Waals surface area contributed by atoms with E-state index in [4.69, 9.17) is 9.72 Å². The molecule has 1 aromatic heterocycles. The molecule has 2 heterocycles. The number of rotatable bonds is 12. The third kappa shape index (κ3) is 8.00. The summed E-state index contributed by atoms with van der Waals surface area (Å²) in [6.07, 6.45) is 9.46. The molecule has 0 radical (unpaired) electrons. The number of allylic oxidation sites excluding steroid dienone is 1. The average molecular weight is 517 g/mol. The van der Waals surface area contributed by atoms with E-state index in [1.165, 1.54) is 11.0 Å². The molecule has 1 saturated heterocycles. The maximum absolute atomic E-state index is 13.5. The normalized spacial score (nSPS) is 19.3. The fraction of sp³-hybridized carbons (Fsp3) is 0.630. The van der Waals surface area contributed by atoms with Crippen LogP contribution in [0.5, 0.6) is 0 Å². The quantitative estimate of drug-likeness (QED) is 0.370. The van der Waals surface area contributed by atoms with Crippen LogP contribution in [0, 0.1) is 17.8 Å². The number of amides is 3. The summed E-state index contributed by atoms with van der Waals surface area (Å²) >= 11 is 1.63. The fourth-order valence-corrected chi connectivity index (χ4v) is 5.80. The van der Waals surface area contributed by atoms with Crippen molar-refractivity contribution in [3.8, 4) is 0 Å². The molecule has 0 spiro atoms. The third-order valence-electron chi connectivity index (χ3n) is 6.90. The summed E-state index contributed by atoms with van der Waals surface area (Å²) in [6.45, 7) is 11.4. The summed E-state index contributed by atoms with van der Waals surface area (Å²) in [5.74, 6) is 0.518. The number of hydrogen-bond donors (Lipinski definition) is 3. The fourth-order valence-electron chi connectivity index (χ4n) is 4.63. The van der Waals surface area contributed by atoms with Gasteiger partial charge in [0, 0.05) is 43.5 Å². The summed E-state index contributed by atoms with van der Waals surface area (Å²) in [6, 6.07) is -1.01. The molecule has 1 aromatic rings. The topological polar surface area (TPSA) is 109 Å². The van der Waals surface area contributed by atoms with Crippen molar-refractivity contribution in [3.05, 3.63) is 34.3 Å². The van der Waals surface area contributed by atoms with Crippen molar-refractivity contribution in [1.29, 1.82) is 0 Å². The molecule has 9 heteroatoms. The number of carbonyl (C=O) groups excluding carboxylic acids is 3. The zero-order valence-electron chi connectivity index (χ0n) is 21.7. The van der Waals surface area contributed by atoms with Crippen LogP contribution in [0.1, 0.15) is 62.0 Å². The van der Waals surface area contributed by atoms with Gasteiger partial charge in [-0.2, -0.15) is 0 Å². The summed E-state index contributed by atoms with van der Waals surface area (Å²) in [7, 11) is 0. The van der Waals surface area contributed by atoms with Gasteiger partial charge in [-0.05, 0) is 55.6 Å². The molecule has 1 aliphatic carbocycles. The van der Waals surface area contributed by atoms with E-state index in [-0.39, 0.29) is 29.7 Å². The Kier molecular flexibility index (Phi) is 10.7. The van der Waals surface area contributed by atoms with Crippen molar-refractivity contribution in [2.45, 2.75) is 71.4 Å². The van der Waals surface area contributed by atoms with Crippen LogP contribution in [0.25, 0.3) is 6.08 Å². The largest absolute Gasteiger partial charge is 0.381 e. The lowest BCUT2D eigenvalue weighted by atomic mass is 9.88. The van der Waals surface area contributed by atoms with Crippen molar-refractivity contribution < 1.29 is 19.1 Å². The minimum Gasteiger partial charge on any atom is -0.381 e. The molecule has 1 fully saturated rings. The molecule has 8 nitrogen and oxygen atoms in total. The first-order chi connectivity index (χ1) is 17.3. The Bertz CT molecular complexity index is 952. The molecule has 2 aliphatic rings. The molecule has 3 atom stereocenters. The van der Waals surface area contributed by atoms with Gasteiger partial charge in [0.2, 0.25) is 17.7 Å². The highest BCUT2D eigenvalue weighted by atomic mass is 32.1. The minimum atomic E-state index is -0.737. The Labute approximate surface area is 218 Å². The number of hydrogen-bond acceptors (Lipinski definition) is 6. The second-order valence-electron chi connectivity index (χ2n) is 9.98. The van der Waals surface area contributed by atoms with E-state index >= 15 is 0 Å². The van der Waals surface area contributed by atoms with Gasteiger partial charge in [0.25, 0.3) is 0 Å². The van der Waals surface area contributed by atoms with Crippen LogP contribution >= 0.6 is 11.3 Å². The number of carbonyl (C=O) groups is 3. The van der Waals surface area contributed by atoms with Gasteiger partial charge < -0.3 is 20.7 Å². The molecular formula is C27H40N4O4S. The van der Waals surface area contributed by atoms with E-state index in [2.05, 4.69) is 48.5 Å². The van der Waals surface area contributed by atoms with Gasteiger partial charge in [-0.1, -0.05) is 33.4 Å². The van der Waals surface area contributed by atoms with E-state index in [9.17, 15) is 14.4 Å². The van der Waals surface area contributed by atoms with Gasteiger partial charge in [0.15, 0.2) is 0 Å². The SMILES string of the molecule is C=CC(=O)NCC(NC(=O)[C@H](Cc1nc2c(s1)CC(C(C)C)C=C2)NC(=O)CCC)C1CCOCC1. The standard InChI is InChI=1S/C27H40N4O4S/c1-5-7-25(33)29-21(15-26-30-20-9-8-19(17(3)4)14-23(20)36-26)27(34)31-22(16-28-24(32)6-2)18-10-12-35-13-11-18/h6,8-9,17-19,21-22H,2,5,7,10-16H2,1,3-4H3,(H,28,32)(H,29,33)(H,31,34)/t19?,21-,22?/m0/s1. The van der Waals surface area contributed by atoms with E-state index in [0.717, 1.165) is 30.0 Å². The highest BCUT2D eigenvalue weighted by Crippen LogP contribution is 2.32. The highest BCUT2D eigenvalue weighted by molar-refractivity contribution is 7.11. The maximum atomic E-state index is 13.5. The first kappa shape index (κ1) is 28.1. The van der Waals surface area contributed by atoms with Gasteiger partial charge >= 0.3 is 0 Å². The minimum absolute atomic E-state index is 0.152. The van der Waals surface area contributed by atoms with Crippen LogP contribution in [0.3, 0.4) is 0 Å². The molecule has 3 N–H and O–H groups in total. The summed E-state index contributed by atoms with van der Waals surface area (Å²) < 4.78 is 5.48. The van der Waals surface area contributed by atoms with Crippen LogP contribution in [0.4, 0.5) is 0 Å². The highest BCUT2D eigenvalue weighted by Gasteiger charge is 2.30. The number of ether oxygens (including phenoxy) is 1. The van der Waals surface area contributed by atoms with Crippen LogP contribution < -0.4 is 16.0 Å². The Morgan fingerprint density at radius 2 is 2.00 bits per heavy atom. The second-order valence-corrected chi connectivity index (χ2v) is 11.1. The van der Waals surface area contributed by atoms with Gasteiger partial charge in [-0.15, -0.1) is 11.3 Å². The van der Waals surface area contributed by atoms with Crippen LogP contribution in [0.15, 0.2) is 18.7 Å². The average Bonchev–Trinajstić information content (AvgIpc) is 3.28. The molecule has 3 amide bonds. The molecule has 1 aliphatic heterocycles.